The number of carboxylic acid groups (broad SMARTS) is 1. The largest absolute Gasteiger partial charge is 0.480 e. The maximum atomic E-state index is 11.2. The third-order valence-electron chi connectivity index (χ3n) is 3.04. The molecule has 1 aliphatic rings. The van der Waals surface area contributed by atoms with Crippen LogP contribution in [-0.2, 0) is 11.2 Å². The summed E-state index contributed by atoms with van der Waals surface area (Å²) in [5.74, 6) is -0.796. The zero-order valence-electron chi connectivity index (χ0n) is 9.20. The highest BCUT2D eigenvalue weighted by molar-refractivity contribution is 6.35. The molecule has 1 N–H and O–H groups in total. The molecular weight excluding hydrogens is 261 g/mol. The third kappa shape index (κ3) is 2.92. The van der Waals surface area contributed by atoms with Gasteiger partial charge in [0, 0.05) is 29.6 Å². The van der Waals surface area contributed by atoms with Gasteiger partial charge >= 0.3 is 5.97 Å². The van der Waals surface area contributed by atoms with Crippen LogP contribution in [0, 0.1) is 0 Å². The Morgan fingerprint density at radius 1 is 1.41 bits per heavy atom. The van der Waals surface area contributed by atoms with Crippen molar-refractivity contribution in [2.45, 2.75) is 18.9 Å². The molecule has 0 aliphatic carbocycles. The first kappa shape index (κ1) is 12.7. The quantitative estimate of drug-likeness (QED) is 0.917. The molecule has 0 amide bonds. The van der Waals surface area contributed by atoms with Gasteiger partial charge in [0.1, 0.15) is 6.04 Å². The number of hydrogen-bond acceptors (Lipinski definition) is 2. The van der Waals surface area contributed by atoms with Gasteiger partial charge in [0.15, 0.2) is 0 Å². The number of carbonyl (C=O) groups is 1. The van der Waals surface area contributed by atoms with Crippen LogP contribution in [0.15, 0.2) is 18.2 Å². The van der Waals surface area contributed by atoms with Gasteiger partial charge in [-0.15, -0.1) is 0 Å². The lowest BCUT2D eigenvalue weighted by atomic mass is 10.0. The van der Waals surface area contributed by atoms with E-state index in [4.69, 9.17) is 23.2 Å². The van der Waals surface area contributed by atoms with Gasteiger partial charge < -0.3 is 5.11 Å². The predicted molar refractivity (Wildman–Crippen MR) is 67.8 cm³/mol. The van der Waals surface area contributed by atoms with Crippen LogP contribution in [0.4, 0.5) is 0 Å². The first-order valence-corrected chi connectivity index (χ1v) is 6.24. The smallest absolute Gasteiger partial charge is 0.321 e. The predicted octanol–water partition coefficient (Wildman–Crippen LogP) is 2.69. The minimum atomic E-state index is -0.796. The molecule has 0 bridgehead atoms. The normalized spacial score (nSPS) is 17.5. The molecule has 1 saturated heterocycles. The maximum absolute atomic E-state index is 11.2. The van der Waals surface area contributed by atoms with Crippen LogP contribution in [0.2, 0.25) is 10.0 Å². The van der Waals surface area contributed by atoms with Gasteiger partial charge in [-0.25, -0.2) is 0 Å². The number of hydrogen-bond donors (Lipinski definition) is 1. The molecule has 1 atom stereocenters. The summed E-state index contributed by atoms with van der Waals surface area (Å²) in [6, 6.07) is 4.69. The van der Waals surface area contributed by atoms with Crippen molar-refractivity contribution in [1.82, 2.24) is 4.90 Å². The highest BCUT2D eigenvalue weighted by Crippen LogP contribution is 2.24. The van der Waals surface area contributed by atoms with Gasteiger partial charge in [-0.2, -0.15) is 0 Å². The van der Waals surface area contributed by atoms with Gasteiger partial charge in [0.05, 0.1) is 0 Å². The summed E-state index contributed by atoms with van der Waals surface area (Å²) in [5, 5.41) is 10.3. The fourth-order valence-corrected chi connectivity index (χ4v) is 2.41. The Morgan fingerprint density at radius 2 is 2.12 bits per heavy atom. The SMILES string of the molecule is O=C(O)[C@@H](Cc1ccc(Cl)cc1Cl)N1CCC1. The van der Waals surface area contributed by atoms with E-state index < -0.39 is 12.0 Å². The molecule has 0 spiro atoms. The molecule has 92 valence electrons. The van der Waals surface area contributed by atoms with Crippen molar-refractivity contribution in [3.05, 3.63) is 33.8 Å². The summed E-state index contributed by atoms with van der Waals surface area (Å²) in [4.78, 5) is 13.2. The second kappa shape index (κ2) is 5.25. The summed E-state index contributed by atoms with van der Waals surface area (Å²) in [5.41, 5.74) is 0.829. The van der Waals surface area contributed by atoms with Crippen LogP contribution >= 0.6 is 23.2 Å². The highest BCUT2D eigenvalue weighted by Gasteiger charge is 2.30. The minimum absolute atomic E-state index is 0.422. The Balaban J connectivity index is 2.14. The van der Waals surface area contributed by atoms with E-state index in [9.17, 15) is 9.90 Å². The average Bonchev–Trinajstić information content (AvgIpc) is 2.17. The second-order valence-electron chi connectivity index (χ2n) is 4.18. The van der Waals surface area contributed by atoms with E-state index in [1.807, 2.05) is 4.90 Å². The molecule has 2 rings (SSSR count). The molecule has 0 aromatic heterocycles. The van der Waals surface area contributed by atoms with Crippen LogP contribution in [0.3, 0.4) is 0 Å². The topological polar surface area (TPSA) is 40.5 Å². The summed E-state index contributed by atoms with van der Waals surface area (Å²) in [7, 11) is 0. The van der Waals surface area contributed by atoms with Crippen LogP contribution in [0.5, 0.6) is 0 Å². The van der Waals surface area contributed by atoms with Crippen LogP contribution in [0.25, 0.3) is 0 Å². The van der Waals surface area contributed by atoms with Crippen molar-refractivity contribution in [2.75, 3.05) is 13.1 Å². The van der Waals surface area contributed by atoms with Crippen molar-refractivity contribution < 1.29 is 9.90 Å². The molecule has 1 fully saturated rings. The van der Waals surface area contributed by atoms with Crippen molar-refractivity contribution in [1.29, 1.82) is 0 Å². The van der Waals surface area contributed by atoms with E-state index in [0.717, 1.165) is 25.1 Å². The Bertz CT molecular complexity index is 433. The van der Waals surface area contributed by atoms with Crippen LogP contribution < -0.4 is 0 Å². The van der Waals surface area contributed by atoms with Crippen LogP contribution in [0.1, 0.15) is 12.0 Å². The molecule has 0 radical (unpaired) electrons. The number of carboxylic acids is 1. The van der Waals surface area contributed by atoms with Crippen molar-refractivity contribution in [3.63, 3.8) is 0 Å². The zero-order valence-corrected chi connectivity index (χ0v) is 10.7. The van der Waals surface area contributed by atoms with Gasteiger partial charge in [-0.05, 0) is 24.1 Å². The number of benzene rings is 1. The third-order valence-corrected chi connectivity index (χ3v) is 3.63. The Kier molecular flexibility index (Phi) is 3.92. The molecule has 3 nitrogen and oxygen atoms in total. The summed E-state index contributed by atoms with van der Waals surface area (Å²) in [6.07, 6.45) is 1.49. The maximum Gasteiger partial charge on any atom is 0.321 e. The molecule has 0 saturated carbocycles. The molecule has 5 heteroatoms. The molecule has 1 aromatic rings. The first-order valence-electron chi connectivity index (χ1n) is 5.48. The second-order valence-corrected chi connectivity index (χ2v) is 5.03. The number of rotatable bonds is 4. The van der Waals surface area contributed by atoms with E-state index in [0.29, 0.717) is 16.5 Å². The average molecular weight is 274 g/mol. The van der Waals surface area contributed by atoms with Crippen LogP contribution in [-0.4, -0.2) is 35.1 Å². The first-order chi connectivity index (χ1) is 8.08. The fourth-order valence-electron chi connectivity index (χ4n) is 1.92. The number of halogens is 2. The number of likely N-dealkylation sites (tertiary alicyclic amines) is 1. The standard InChI is InChI=1S/C12H13Cl2NO2/c13-9-3-2-8(10(14)7-9)6-11(12(16)17)15-4-1-5-15/h2-3,7,11H,1,4-6H2,(H,16,17)/t11-/m1/s1. The monoisotopic (exact) mass is 273 g/mol. The van der Waals surface area contributed by atoms with E-state index in [1.165, 1.54) is 0 Å². The molecule has 1 aliphatic heterocycles. The number of aliphatic carboxylic acids is 1. The van der Waals surface area contributed by atoms with Gasteiger partial charge in [0.2, 0.25) is 0 Å². The van der Waals surface area contributed by atoms with Crippen molar-refractivity contribution in [2.24, 2.45) is 0 Å². The zero-order chi connectivity index (χ0) is 12.4. The minimum Gasteiger partial charge on any atom is -0.480 e. The molecular formula is C12H13Cl2NO2. The number of nitrogens with zero attached hydrogens (tertiary/aromatic N) is 1. The van der Waals surface area contributed by atoms with Gasteiger partial charge in [-0.1, -0.05) is 29.3 Å². The van der Waals surface area contributed by atoms with E-state index in [2.05, 4.69) is 0 Å². The molecule has 17 heavy (non-hydrogen) atoms. The molecule has 1 aromatic carbocycles. The fraction of sp³-hybridized carbons (Fsp3) is 0.417. The Morgan fingerprint density at radius 3 is 2.59 bits per heavy atom. The van der Waals surface area contributed by atoms with Crippen molar-refractivity contribution in [3.8, 4) is 0 Å². The van der Waals surface area contributed by atoms with Gasteiger partial charge in [-0.3, -0.25) is 9.69 Å². The summed E-state index contributed by atoms with van der Waals surface area (Å²) >= 11 is 11.9. The molecule has 1 heterocycles. The molecule has 0 unspecified atom stereocenters. The summed E-state index contributed by atoms with van der Waals surface area (Å²) in [6.45, 7) is 1.70. The highest BCUT2D eigenvalue weighted by atomic mass is 35.5. The van der Waals surface area contributed by atoms with Gasteiger partial charge in [0.25, 0.3) is 0 Å². The lowest BCUT2D eigenvalue weighted by Gasteiger charge is -2.36. The lowest BCUT2D eigenvalue weighted by molar-refractivity contribution is -0.144. The summed E-state index contributed by atoms with van der Waals surface area (Å²) < 4.78 is 0. The lowest BCUT2D eigenvalue weighted by Crippen LogP contribution is -2.50. The van der Waals surface area contributed by atoms with E-state index >= 15 is 0 Å². The Hall–Kier alpha value is -0.770. The Labute approximate surface area is 110 Å². The van der Waals surface area contributed by atoms with E-state index in [-0.39, 0.29) is 0 Å². The van der Waals surface area contributed by atoms with Crippen molar-refractivity contribution >= 4 is 29.2 Å². The van der Waals surface area contributed by atoms with E-state index in [1.54, 1.807) is 18.2 Å².